The van der Waals surface area contributed by atoms with Crippen molar-refractivity contribution >= 4 is 29.3 Å². The number of methoxy groups -OCH3 is 1. The molecule has 1 fully saturated rings. The number of hydrogen-bond acceptors (Lipinski definition) is 4. The molecule has 0 unspecified atom stereocenters. The standard InChI is InChI=1S/C19H26N2O3.ClH/c1-13-8-15-10-17(24-16(15)9-14(13)2)18(22)21-11-19(12-23-3)4-6-20-7-5-19;/h8-10,20H,4-7,11-12H2,1-3H3,(H,21,22);1H. The fourth-order valence-corrected chi connectivity index (χ4v) is 3.40. The number of carbonyl (C=O) groups is 1. The van der Waals surface area contributed by atoms with Gasteiger partial charge in [0.15, 0.2) is 5.76 Å². The Morgan fingerprint density at radius 3 is 2.60 bits per heavy atom. The molecular weight excluding hydrogens is 340 g/mol. The number of ether oxygens (including phenoxy) is 1. The van der Waals surface area contributed by atoms with Crippen LogP contribution < -0.4 is 10.6 Å². The quantitative estimate of drug-likeness (QED) is 0.852. The predicted octanol–water partition coefficient (Wildman–Crippen LogP) is 3.22. The lowest BCUT2D eigenvalue weighted by atomic mass is 9.79. The SMILES string of the molecule is COCC1(CNC(=O)c2cc3cc(C)c(C)cc3o2)CCNCC1.Cl. The van der Waals surface area contributed by atoms with Crippen molar-refractivity contribution in [3.8, 4) is 0 Å². The number of nitrogens with one attached hydrogen (secondary N) is 2. The molecule has 1 aromatic heterocycles. The summed E-state index contributed by atoms with van der Waals surface area (Å²) in [5.41, 5.74) is 3.13. The van der Waals surface area contributed by atoms with E-state index in [4.69, 9.17) is 9.15 Å². The highest BCUT2D eigenvalue weighted by atomic mass is 35.5. The van der Waals surface area contributed by atoms with Gasteiger partial charge in [0.25, 0.3) is 5.91 Å². The summed E-state index contributed by atoms with van der Waals surface area (Å²) in [5, 5.41) is 7.37. The largest absolute Gasteiger partial charge is 0.451 e. The van der Waals surface area contributed by atoms with E-state index in [0.29, 0.717) is 18.9 Å². The van der Waals surface area contributed by atoms with Crippen LogP contribution in [0.15, 0.2) is 22.6 Å². The normalized spacial score (nSPS) is 16.4. The van der Waals surface area contributed by atoms with Gasteiger partial charge in [0.1, 0.15) is 5.58 Å². The number of halogens is 1. The molecule has 1 aliphatic rings. The van der Waals surface area contributed by atoms with Gasteiger partial charge in [-0.15, -0.1) is 12.4 Å². The Morgan fingerprint density at radius 2 is 1.92 bits per heavy atom. The molecule has 1 aliphatic heterocycles. The summed E-state index contributed by atoms with van der Waals surface area (Å²) in [6, 6.07) is 5.87. The van der Waals surface area contributed by atoms with Gasteiger partial charge in [0.05, 0.1) is 6.61 Å². The molecule has 25 heavy (non-hydrogen) atoms. The van der Waals surface area contributed by atoms with E-state index >= 15 is 0 Å². The molecule has 0 atom stereocenters. The van der Waals surface area contributed by atoms with E-state index in [-0.39, 0.29) is 23.7 Å². The molecule has 0 bridgehead atoms. The van der Waals surface area contributed by atoms with Crippen LogP contribution in [0.3, 0.4) is 0 Å². The Labute approximate surface area is 154 Å². The second kappa shape index (κ2) is 8.21. The lowest BCUT2D eigenvalue weighted by molar-refractivity contribution is 0.0506. The fraction of sp³-hybridized carbons (Fsp3) is 0.526. The third-order valence-corrected chi connectivity index (χ3v) is 5.10. The van der Waals surface area contributed by atoms with E-state index in [1.807, 2.05) is 19.1 Å². The molecule has 2 heterocycles. The number of piperidine rings is 1. The number of amides is 1. The molecule has 6 heteroatoms. The van der Waals surface area contributed by atoms with Gasteiger partial charge in [-0.3, -0.25) is 4.79 Å². The zero-order valence-corrected chi connectivity index (χ0v) is 15.9. The smallest absolute Gasteiger partial charge is 0.287 e. The van der Waals surface area contributed by atoms with E-state index < -0.39 is 0 Å². The third-order valence-electron chi connectivity index (χ3n) is 5.10. The summed E-state index contributed by atoms with van der Waals surface area (Å²) >= 11 is 0. The second-order valence-corrected chi connectivity index (χ2v) is 6.95. The van der Waals surface area contributed by atoms with Crippen LogP contribution in [0.1, 0.15) is 34.5 Å². The highest BCUT2D eigenvalue weighted by Crippen LogP contribution is 2.29. The van der Waals surface area contributed by atoms with Crippen LogP contribution >= 0.6 is 12.4 Å². The first-order valence-electron chi connectivity index (χ1n) is 8.52. The number of benzene rings is 1. The average molecular weight is 367 g/mol. The first-order valence-corrected chi connectivity index (χ1v) is 8.52. The Bertz CT molecular complexity index is 691. The van der Waals surface area contributed by atoms with Gasteiger partial charge in [0, 0.05) is 24.5 Å². The number of carbonyl (C=O) groups excluding carboxylic acids is 1. The number of fused-ring (bicyclic) bond motifs is 1. The average Bonchev–Trinajstić information content (AvgIpc) is 2.97. The van der Waals surface area contributed by atoms with E-state index in [9.17, 15) is 4.79 Å². The number of rotatable bonds is 5. The van der Waals surface area contributed by atoms with Crippen molar-refractivity contribution in [2.45, 2.75) is 26.7 Å². The molecule has 2 aromatic rings. The van der Waals surface area contributed by atoms with Gasteiger partial charge >= 0.3 is 0 Å². The monoisotopic (exact) mass is 366 g/mol. The van der Waals surface area contributed by atoms with Crippen LogP contribution in [0.5, 0.6) is 0 Å². The molecular formula is C19H27ClN2O3. The van der Waals surface area contributed by atoms with E-state index in [1.54, 1.807) is 7.11 Å². The van der Waals surface area contributed by atoms with Crippen molar-refractivity contribution in [2.24, 2.45) is 5.41 Å². The summed E-state index contributed by atoms with van der Waals surface area (Å²) in [6.07, 6.45) is 2.00. The van der Waals surface area contributed by atoms with Gasteiger partial charge in [-0.05, 0) is 69.1 Å². The first kappa shape index (κ1) is 19.8. The van der Waals surface area contributed by atoms with Crippen LogP contribution in [0.2, 0.25) is 0 Å². The number of aryl methyl sites for hydroxylation is 2. The Balaban J connectivity index is 0.00000225. The van der Waals surface area contributed by atoms with Gasteiger partial charge in [-0.1, -0.05) is 0 Å². The van der Waals surface area contributed by atoms with Crippen LogP contribution in [0.25, 0.3) is 11.0 Å². The summed E-state index contributed by atoms with van der Waals surface area (Å²) in [6.45, 7) is 7.30. The fourth-order valence-electron chi connectivity index (χ4n) is 3.40. The van der Waals surface area contributed by atoms with Crippen molar-refractivity contribution in [3.05, 3.63) is 35.1 Å². The highest BCUT2D eigenvalue weighted by Gasteiger charge is 2.32. The zero-order valence-electron chi connectivity index (χ0n) is 15.1. The summed E-state index contributed by atoms with van der Waals surface area (Å²) in [7, 11) is 1.72. The van der Waals surface area contributed by atoms with Gasteiger partial charge in [-0.25, -0.2) is 0 Å². The molecule has 1 aromatic carbocycles. The molecule has 1 amide bonds. The summed E-state index contributed by atoms with van der Waals surface area (Å²) in [5.74, 6) is 0.215. The van der Waals surface area contributed by atoms with Gasteiger partial charge in [-0.2, -0.15) is 0 Å². The number of furan rings is 1. The molecule has 0 spiro atoms. The summed E-state index contributed by atoms with van der Waals surface area (Å²) in [4.78, 5) is 12.5. The lowest BCUT2D eigenvalue weighted by Crippen LogP contribution is -2.47. The maximum atomic E-state index is 12.5. The maximum absolute atomic E-state index is 12.5. The minimum atomic E-state index is -0.157. The molecule has 3 rings (SSSR count). The Morgan fingerprint density at radius 1 is 1.24 bits per heavy atom. The molecule has 2 N–H and O–H groups in total. The van der Waals surface area contributed by atoms with Crippen LogP contribution in [-0.4, -0.2) is 39.3 Å². The molecule has 0 aliphatic carbocycles. The first-order chi connectivity index (χ1) is 11.5. The van der Waals surface area contributed by atoms with Crippen molar-refractivity contribution in [1.29, 1.82) is 0 Å². The van der Waals surface area contributed by atoms with E-state index in [0.717, 1.165) is 42.5 Å². The molecule has 0 saturated carbocycles. The maximum Gasteiger partial charge on any atom is 0.287 e. The Hall–Kier alpha value is -1.56. The van der Waals surface area contributed by atoms with Gasteiger partial charge < -0.3 is 19.8 Å². The second-order valence-electron chi connectivity index (χ2n) is 6.95. The van der Waals surface area contributed by atoms with E-state index in [2.05, 4.69) is 23.6 Å². The van der Waals surface area contributed by atoms with Crippen molar-refractivity contribution in [2.75, 3.05) is 33.4 Å². The van der Waals surface area contributed by atoms with Crippen molar-refractivity contribution in [3.63, 3.8) is 0 Å². The minimum absolute atomic E-state index is 0. The van der Waals surface area contributed by atoms with Crippen molar-refractivity contribution < 1.29 is 13.9 Å². The zero-order chi connectivity index (χ0) is 17.2. The van der Waals surface area contributed by atoms with Gasteiger partial charge in [0.2, 0.25) is 0 Å². The molecule has 5 nitrogen and oxygen atoms in total. The Kier molecular flexibility index (Phi) is 6.49. The predicted molar refractivity (Wildman–Crippen MR) is 102 cm³/mol. The van der Waals surface area contributed by atoms with Crippen LogP contribution in [-0.2, 0) is 4.74 Å². The minimum Gasteiger partial charge on any atom is -0.451 e. The molecule has 1 saturated heterocycles. The molecule has 138 valence electrons. The van der Waals surface area contributed by atoms with Crippen molar-refractivity contribution in [1.82, 2.24) is 10.6 Å². The summed E-state index contributed by atoms with van der Waals surface area (Å²) < 4.78 is 11.1. The third kappa shape index (κ3) is 4.35. The van der Waals surface area contributed by atoms with E-state index in [1.165, 1.54) is 5.56 Å². The van der Waals surface area contributed by atoms with Crippen LogP contribution in [0, 0.1) is 19.3 Å². The number of hydrogen-bond donors (Lipinski definition) is 2. The lowest BCUT2D eigenvalue weighted by Gasteiger charge is -2.37. The molecule has 0 radical (unpaired) electrons. The van der Waals surface area contributed by atoms with Crippen LogP contribution in [0.4, 0.5) is 0 Å². The highest BCUT2D eigenvalue weighted by molar-refractivity contribution is 5.96. The topological polar surface area (TPSA) is 63.5 Å².